The quantitative estimate of drug-likeness (QED) is 0.272. The van der Waals surface area contributed by atoms with Crippen molar-refractivity contribution < 1.29 is 23.1 Å². The number of pyridine rings is 1. The summed E-state index contributed by atoms with van der Waals surface area (Å²) in [6, 6.07) is 17.3. The van der Waals surface area contributed by atoms with Gasteiger partial charge in [0.05, 0.1) is 12.7 Å². The first-order valence-corrected chi connectivity index (χ1v) is 17.7. The molecule has 3 aromatic rings. The number of aromatic nitrogens is 1. The Kier molecular flexibility index (Phi) is 10.2. The predicted octanol–water partition coefficient (Wildman–Crippen LogP) is 5.48. The largest absolute Gasteiger partial charge is 0.438 e. The number of amides is 2. The molecule has 3 N–H and O–H groups in total. The first-order valence-electron chi connectivity index (χ1n) is 17.7. The molecular formula is C39H43F2N7O3. The highest BCUT2D eigenvalue weighted by Gasteiger charge is 2.32. The highest BCUT2D eigenvalue weighted by atomic mass is 19.1. The lowest BCUT2D eigenvalue weighted by atomic mass is 9.90. The van der Waals surface area contributed by atoms with Crippen molar-refractivity contribution in [3.8, 4) is 22.8 Å². The van der Waals surface area contributed by atoms with Crippen LogP contribution >= 0.6 is 0 Å². The van der Waals surface area contributed by atoms with E-state index in [0.29, 0.717) is 55.9 Å². The number of carbonyl (C=O) groups is 2. The first kappa shape index (κ1) is 34.5. The maximum absolute atomic E-state index is 14.4. The molecule has 0 radical (unpaired) electrons. The summed E-state index contributed by atoms with van der Waals surface area (Å²) >= 11 is 0. The molecule has 0 spiro atoms. The van der Waals surface area contributed by atoms with Crippen molar-refractivity contribution in [2.45, 2.75) is 76.3 Å². The molecule has 1 aliphatic carbocycles. The Morgan fingerprint density at radius 2 is 1.63 bits per heavy atom. The topological polar surface area (TPSA) is 111 Å². The van der Waals surface area contributed by atoms with E-state index in [2.05, 4.69) is 68.9 Å². The standard InChI is InChI=1S/C39H43F2N7O3/c1-24-19-47(20-25(2)43-24)21-26-6-8-27(9-7-26)28-4-3-5-33(16-28)51-39-34(17-30(41)18-42-39)37(49)44-31-11-13-32(14-12-31)45-38(50)35-23-48-22-29(40)10-15-36(48)46-35/h3-10,15-18,22,24-25,31-32,35,43H,11-14,19-21,23H2,1-2H3,(H,44,49)(H,45,50)/t24-,25+,31?,32?,35?. The highest BCUT2D eigenvalue weighted by Crippen LogP contribution is 2.30. The van der Waals surface area contributed by atoms with Gasteiger partial charge in [0, 0.05) is 50.0 Å². The second kappa shape index (κ2) is 15.1. The van der Waals surface area contributed by atoms with Crippen LogP contribution in [0.25, 0.3) is 11.1 Å². The fraction of sp³-hybridized carbons (Fsp3) is 0.385. The minimum absolute atomic E-state index is 0.00748. The molecule has 51 heavy (non-hydrogen) atoms. The SMILES string of the molecule is C[C@@H]1CN(Cc2ccc(-c3cccc(Oc4ncc(F)cc4C(=O)NC4CCC(NC(=O)C5CN6C=C(F)C=CC6=N5)CC4)c3)cc2)C[C@H](C)N1. The third-order valence-electron chi connectivity index (χ3n) is 9.77. The third-order valence-corrected chi connectivity index (χ3v) is 9.77. The molecule has 1 saturated heterocycles. The second-order valence-corrected chi connectivity index (χ2v) is 14.0. The van der Waals surface area contributed by atoms with Crippen LogP contribution in [0.4, 0.5) is 8.78 Å². The number of hydrogen-bond donors (Lipinski definition) is 3. The molecule has 266 valence electrons. The maximum atomic E-state index is 14.4. The molecule has 1 aromatic heterocycles. The summed E-state index contributed by atoms with van der Waals surface area (Å²) in [7, 11) is 0. The van der Waals surface area contributed by atoms with Crippen molar-refractivity contribution in [1.29, 1.82) is 0 Å². The molecular weight excluding hydrogens is 652 g/mol. The Morgan fingerprint density at radius 1 is 0.902 bits per heavy atom. The summed E-state index contributed by atoms with van der Waals surface area (Å²) < 4.78 is 34.0. The average Bonchev–Trinajstić information content (AvgIpc) is 3.53. The Morgan fingerprint density at radius 3 is 2.37 bits per heavy atom. The number of nitrogens with zero attached hydrogens (tertiary/aromatic N) is 4. The van der Waals surface area contributed by atoms with E-state index in [-0.39, 0.29) is 35.3 Å². The third kappa shape index (κ3) is 8.51. The molecule has 3 aliphatic heterocycles. The molecule has 2 fully saturated rings. The summed E-state index contributed by atoms with van der Waals surface area (Å²) in [5, 5.41) is 9.65. The van der Waals surface area contributed by atoms with Gasteiger partial charge in [-0.3, -0.25) is 19.5 Å². The van der Waals surface area contributed by atoms with Gasteiger partial charge in [0.2, 0.25) is 11.8 Å². The fourth-order valence-corrected chi connectivity index (χ4v) is 7.39. The molecule has 3 atom stereocenters. The molecule has 1 saturated carbocycles. The van der Waals surface area contributed by atoms with Crippen LogP contribution in [-0.4, -0.2) is 82.3 Å². The van der Waals surface area contributed by atoms with Gasteiger partial charge in [-0.1, -0.05) is 36.4 Å². The first-order chi connectivity index (χ1) is 24.6. The highest BCUT2D eigenvalue weighted by molar-refractivity contribution is 6.00. The van der Waals surface area contributed by atoms with Crippen LogP contribution in [0.15, 0.2) is 90.0 Å². The van der Waals surface area contributed by atoms with E-state index in [1.54, 1.807) is 17.0 Å². The molecule has 1 unspecified atom stereocenters. The summed E-state index contributed by atoms with van der Waals surface area (Å²) in [6.45, 7) is 7.66. The molecule has 12 heteroatoms. The number of piperazine rings is 1. The Bertz CT molecular complexity index is 1850. The van der Waals surface area contributed by atoms with Crippen LogP contribution in [0, 0.1) is 5.82 Å². The Hall–Kier alpha value is -4.94. The zero-order chi connectivity index (χ0) is 35.5. The van der Waals surface area contributed by atoms with Crippen LogP contribution in [0.1, 0.15) is 55.5 Å². The lowest BCUT2D eigenvalue weighted by molar-refractivity contribution is -0.123. The molecule has 10 nitrogen and oxygen atoms in total. The zero-order valence-electron chi connectivity index (χ0n) is 28.8. The van der Waals surface area contributed by atoms with E-state index < -0.39 is 17.8 Å². The van der Waals surface area contributed by atoms with E-state index in [1.807, 2.05) is 18.2 Å². The van der Waals surface area contributed by atoms with Crippen LogP contribution < -0.4 is 20.7 Å². The van der Waals surface area contributed by atoms with Crippen molar-refractivity contribution >= 4 is 17.6 Å². The van der Waals surface area contributed by atoms with Gasteiger partial charge < -0.3 is 25.6 Å². The lowest BCUT2D eigenvalue weighted by Crippen LogP contribution is -2.53. The summed E-state index contributed by atoms with van der Waals surface area (Å²) in [5.74, 6) is -0.627. The van der Waals surface area contributed by atoms with E-state index in [1.165, 1.54) is 17.8 Å². The number of amidine groups is 1. The van der Waals surface area contributed by atoms with E-state index >= 15 is 0 Å². The fourth-order valence-electron chi connectivity index (χ4n) is 7.39. The van der Waals surface area contributed by atoms with Gasteiger partial charge in [-0.2, -0.15) is 0 Å². The molecule has 2 aromatic carbocycles. The predicted molar refractivity (Wildman–Crippen MR) is 191 cm³/mol. The average molecular weight is 696 g/mol. The van der Waals surface area contributed by atoms with Gasteiger partial charge in [0.1, 0.15) is 34.8 Å². The van der Waals surface area contributed by atoms with Crippen LogP contribution in [0.3, 0.4) is 0 Å². The van der Waals surface area contributed by atoms with E-state index in [9.17, 15) is 18.4 Å². The minimum atomic E-state index is -0.641. The van der Waals surface area contributed by atoms with E-state index in [4.69, 9.17) is 4.74 Å². The van der Waals surface area contributed by atoms with Gasteiger partial charge in [-0.15, -0.1) is 0 Å². The van der Waals surface area contributed by atoms with Crippen molar-refractivity contribution in [3.05, 3.63) is 102 Å². The van der Waals surface area contributed by atoms with Gasteiger partial charge in [-0.05, 0) is 86.6 Å². The van der Waals surface area contributed by atoms with Crippen LogP contribution in [0.2, 0.25) is 0 Å². The Labute approximate surface area is 296 Å². The van der Waals surface area contributed by atoms with Crippen LogP contribution in [-0.2, 0) is 11.3 Å². The molecule has 4 aliphatic rings. The summed E-state index contributed by atoms with van der Waals surface area (Å²) in [6.07, 6.45) is 7.85. The van der Waals surface area contributed by atoms with Crippen molar-refractivity contribution in [3.63, 3.8) is 0 Å². The minimum Gasteiger partial charge on any atom is -0.438 e. The molecule has 7 rings (SSSR count). The molecule has 2 amide bonds. The van der Waals surface area contributed by atoms with Gasteiger partial charge in [0.15, 0.2) is 0 Å². The number of carbonyl (C=O) groups excluding carboxylic acids is 2. The van der Waals surface area contributed by atoms with Crippen molar-refractivity contribution in [2.24, 2.45) is 4.99 Å². The number of nitrogens with one attached hydrogen (secondary N) is 3. The zero-order valence-corrected chi connectivity index (χ0v) is 28.8. The van der Waals surface area contributed by atoms with Gasteiger partial charge >= 0.3 is 0 Å². The lowest BCUT2D eigenvalue weighted by Gasteiger charge is -2.36. The second-order valence-electron chi connectivity index (χ2n) is 14.0. The Balaban J connectivity index is 0.934. The number of allylic oxidation sites excluding steroid dienone is 2. The number of hydrogen-bond acceptors (Lipinski definition) is 8. The summed E-state index contributed by atoms with van der Waals surface area (Å²) in [5.41, 5.74) is 3.23. The molecule has 4 heterocycles. The number of rotatable bonds is 9. The van der Waals surface area contributed by atoms with Crippen molar-refractivity contribution in [2.75, 3.05) is 19.6 Å². The number of fused-ring (bicyclic) bond motifs is 1. The normalized spacial score (nSPS) is 24.7. The monoisotopic (exact) mass is 695 g/mol. The smallest absolute Gasteiger partial charge is 0.257 e. The van der Waals surface area contributed by atoms with Gasteiger partial charge in [-0.25, -0.2) is 13.8 Å². The van der Waals surface area contributed by atoms with Gasteiger partial charge in [0.25, 0.3) is 5.91 Å². The number of halogens is 2. The number of aliphatic imine (C=N–C) groups is 1. The maximum Gasteiger partial charge on any atom is 0.257 e. The van der Waals surface area contributed by atoms with Crippen molar-refractivity contribution in [1.82, 2.24) is 30.7 Å². The molecule has 0 bridgehead atoms. The number of ether oxygens (including phenoxy) is 1. The van der Waals surface area contributed by atoms with Crippen LogP contribution in [0.5, 0.6) is 11.6 Å². The summed E-state index contributed by atoms with van der Waals surface area (Å²) in [4.78, 5) is 39.0. The number of benzene rings is 2. The van der Waals surface area contributed by atoms with E-state index in [0.717, 1.165) is 43.0 Å².